The largest absolute Gasteiger partial charge is 0.349 e. The fourth-order valence-corrected chi connectivity index (χ4v) is 3.22. The van der Waals surface area contributed by atoms with Crippen molar-refractivity contribution in [3.63, 3.8) is 0 Å². The lowest BCUT2D eigenvalue weighted by Crippen LogP contribution is -2.57. The maximum absolute atomic E-state index is 12.3. The van der Waals surface area contributed by atoms with Gasteiger partial charge in [0.25, 0.3) is 0 Å². The Kier molecular flexibility index (Phi) is 6.38. The van der Waals surface area contributed by atoms with Crippen LogP contribution < -0.4 is 5.32 Å². The smallest absolute Gasteiger partial charge is 0.236 e. The Labute approximate surface area is 138 Å². The van der Waals surface area contributed by atoms with Crippen LogP contribution >= 0.6 is 0 Å². The summed E-state index contributed by atoms with van der Waals surface area (Å²) in [4.78, 5) is 41.2. The SMILES string of the molecule is CN(C)C(=O)CCCC(=O)N1CCCC(N2CCNCC2=O)C1. The molecule has 23 heavy (non-hydrogen) atoms. The van der Waals surface area contributed by atoms with E-state index in [9.17, 15) is 14.4 Å². The molecule has 2 heterocycles. The number of piperidine rings is 1. The van der Waals surface area contributed by atoms with E-state index in [1.165, 1.54) is 0 Å². The van der Waals surface area contributed by atoms with Gasteiger partial charge < -0.3 is 20.0 Å². The summed E-state index contributed by atoms with van der Waals surface area (Å²) in [5.74, 6) is 0.289. The molecule has 7 heteroatoms. The Hall–Kier alpha value is -1.63. The van der Waals surface area contributed by atoms with Crippen molar-refractivity contribution in [3.05, 3.63) is 0 Å². The highest BCUT2D eigenvalue weighted by Gasteiger charge is 2.31. The van der Waals surface area contributed by atoms with Crippen LogP contribution in [0.5, 0.6) is 0 Å². The number of hydrogen-bond donors (Lipinski definition) is 1. The molecule has 130 valence electrons. The Balaban J connectivity index is 1.79. The number of likely N-dealkylation sites (tertiary alicyclic amines) is 1. The number of nitrogens with zero attached hydrogens (tertiary/aromatic N) is 3. The molecule has 1 N–H and O–H groups in total. The van der Waals surface area contributed by atoms with Crippen LogP contribution in [0.1, 0.15) is 32.1 Å². The third-order valence-corrected chi connectivity index (χ3v) is 4.60. The van der Waals surface area contributed by atoms with E-state index in [0.717, 1.165) is 32.5 Å². The molecule has 3 amide bonds. The van der Waals surface area contributed by atoms with Gasteiger partial charge in [-0.1, -0.05) is 0 Å². The van der Waals surface area contributed by atoms with Gasteiger partial charge in [0.1, 0.15) is 0 Å². The van der Waals surface area contributed by atoms with Crippen LogP contribution in [0.2, 0.25) is 0 Å². The summed E-state index contributed by atoms with van der Waals surface area (Å²) in [6.45, 7) is 3.34. The first kappa shape index (κ1) is 17.7. The van der Waals surface area contributed by atoms with Crippen molar-refractivity contribution in [2.45, 2.75) is 38.1 Å². The van der Waals surface area contributed by atoms with E-state index in [2.05, 4.69) is 5.32 Å². The van der Waals surface area contributed by atoms with Gasteiger partial charge >= 0.3 is 0 Å². The number of nitrogens with one attached hydrogen (secondary N) is 1. The third kappa shape index (κ3) is 4.92. The number of amides is 3. The lowest BCUT2D eigenvalue weighted by atomic mass is 10.0. The Morgan fingerprint density at radius 2 is 2.04 bits per heavy atom. The van der Waals surface area contributed by atoms with Gasteiger partial charge in [-0.05, 0) is 19.3 Å². The highest BCUT2D eigenvalue weighted by atomic mass is 16.2. The molecule has 0 aromatic carbocycles. The fraction of sp³-hybridized carbons (Fsp3) is 0.812. The first-order chi connectivity index (χ1) is 11.0. The van der Waals surface area contributed by atoms with Crippen molar-refractivity contribution in [2.75, 3.05) is 46.8 Å². The number of rotatable bonds is 5. The maximum atomic E-state index is 12.3. The Morgan fingerprint density at radius 3 is 2.74 bits per heavy atom. The summed E-state index contributed by atoms with van der Waals surface area (Å²) in [6.07, 6.45) is 3.30. The lowest BCUT2D eigenvalue weighted by molar-refractivity contribution is -0.140. The average Bonchev–Trinajstić information content (AvgIpc) is 2.55. The molecule has 0 saturated carbocycles. The molecule has 0 aromatic rings. The zero-order valence-corrected chi connectivity index (χ0v) is 14.2. The normalized spacial score (nSPS) is 22.2. The highest BCUT2D eigenvalue weighted by molar-refractivity contribution is 5.80. The second-order valence-electron chi connectivity index (χ2n) is 6.54. The summed E-state index contributed by atoms with van der Waals surface area (Å²) >= 11 is 0. The van der Waals surface area contributed by atoms with Gasteiger partial charge in [0.05, 0.1) is 6.54 Å². The zero-order valence-electron chi connectivity index (χ0n) is 14.2. The van der Waals surface area contributed by atoms with Crippen LogP contribution in [0.15, 0.2) is 0 Å². The Bertz CT molecular complexity index is 453. The van der Waals surface area contributed by atoms with Gasteiger partial charge in [0.15, 0.2) is 0 Å². The standard InChI is InChI=1S/C16H28N4O3/c1-18(2)14(21)6-3-7-15(22)19-9-4-5-13(12-19)20-10-8-17-11-16(20)23/h13,17H,3-12H2,1-2H3. The summed E-state index contributed by atoms with van der Waals surface area (Å²) < 4.78 is 0. The van der Waals surface area contributed by atoms with Crippen molar-refractivity contribution in [1.29, 1.82) is 0 Å². The predicted octanol–water partition coefficient (Wildman–Crippen LogP) is -0.332. The second kappa shape index (κ2) is 8.29. The summed E-state index contributed by atoms with van der Waals surface area (Å²) in [5, 5.41) is 3.08. The van der Waals surface area contributed by atoms with Crippen molar-refractivity contribution >= 4 is 17.7 Å². The van der Waals surface area contributed by atoms with E-state index in [1.54, 1.807) is 19.0 Å². The number of carbonyl (C=O) groups is 3. The lowest BCUT2D eigenvalue weighted by Gasteiger charge is -2.41. The van der Waals surface area contributed by atoms with Gasteiger partial charge in [-0.15, -0.1) is 0 Å². The molecule has 2 fully saturated rings. The van der Waals surface area contributed by atoms with E-state index in [4.69, 9.17) is 0 Å². The molecule has 2 aliphatic heterocycles. The van der Waals surface area contributed by atoms with Crippen LogP contribution in [-0.2, 0) is 14.4 Å². The molecule has 0 bridgehead atoms. The first-order valence-electron chi connectivity index (χ1n) is 8.47. The molecule has 0 radical (unpaired) electrons. The van der Waals surface area contributed by atoms with Gasteiger partial charge in [0.2, 0.25) is 17.7 Å². The van der Waals surface area contributed by atoms with Gasteiger partial charge in [0, 0.05) is 59.2 Å². The molecular weight excluding hydrogens is 296 g/mol. The molecule has 1 unspecified atom stereocenters. The van der Waals surface area contributed by atoms with E-state index in [-0.39, 0.29) is 23.8 Å². The van der Waals surface area contributed by atoms with Crippen molar-refractivity contribution in [2.24, 2.45) is 0 Å². The van der Waals surface area contributed by atoms with E-state index in [1.807, 2.05) is 9.80 Å². The molecule has 7 nitrogen and oxygen atoms in total. The van der Waals surface area contributed by atoms with Crippen LogP contribution in [0.25, 0.3) is 0 Å². The molecule has 0 aromatic heterocycles. The predicted molar refractivity (Wildman–Crippen MR) is 86.7 cm³/mol. The average molecular weight is 324 g/mol. The number of hydrogen-bond acceptors (Lipinski definition) is 4. The Morgan fingerprint density at radius 1 is 1.26 bits per heavy atom. The fourth-order valence-electron chi connectivity index (χ4n) is 3.22. The van der Waals surface area contributed by atoms with Crippen molar-refractivity contribution in [1.82, 2.24) is 20.0 Å². The van der Waals surface area contributed by atoms with E-state index < -0.39 is 0 Å². The molecule has 0 aliphatic carbocycles. The molecule has 2 saturated heterocycles. The van der Waals surface area contributed by atoms with Crippen LogP contribution in [0.3, 0.4) is 0 Å². The summed E-state index contributed by atoms with van der Waals surface area (Å²) in [5.41, 5.74) is 0. The van der Waals surface area contributed by atoms with Crippen LogP contribution in [-0.4, -0.2) is 85.3 Å². The van der Waals surface area contributed by atoms with Gasteiger partial charge in [-0.3, -0.25) is 14.4 Å². The quantitative estimate of drug-likeness (QED) is 0.751. The van der Waals surface area contributed by atoms with Gasteiger partial charge in [-0.25, -0.2) is 0 Å². The number of piperazine rings is 1. The van der Waals surface area contributed by atoms with Crippen LogP contribution in [0, 0.1) is 0 Å². The summed E-state index contributed by atoms with van der Waals surface area (Å²) in [6, 6.07) is 0.144. The van der Waals surface area contributed by atoms with E-state index in [0.29, 0.717) is 32.4 Å². The van der Waals surface area contributed by atoms with Gasteiger partial charge in [-0.2, -0.15) is 0 Å². The minimum Gasteiger partial charge on any atom is -0.349 e. The minimum atomic E-state index is 0.0562. The molecule has 2 rings (SSSR count). The van der Waals surface area contributed by atoms with Crippen molar-refractivity contribution in [3.8, 4) is 0 Å². The topological polar surface area (TPSA) is 73.0 Å². The van der Waals surface area contributed by atoms with Crippen LogP contribution in [0.4, 0.5) is 0 Å². The monoisotopic (exact) mass is 324 g/mol. The number of carbonyl (C=O) groups excluding carboxylic acids is 3. The highest BCUT2D eigenvalue weighted by Crippen LogP contribution is 2.18. The molecule has 2 aliphatic rings. The minimum absolute atomic E-state index is 0.0562. The molecular formula is C16H28N4O3. The molecule has 1 atom stereocenters. The molecule has 0 spiro atoms. The van der Waals surface area contributed by atoms with Crippen molar-refractivity contribution < 1.29 is 14.4 Å². The first-order valence-corrected chi connectivity index (χ1v) is 8.47. The zero-order chi connectivity index (χ0) is 16.8. The van der Waals surface area contributed by atoms with E-state index >= 15 is 0 Å². The maximum Gasteiger partial charge on any atom is 0.236 e. The third-order valence-electron chi connectivity index (χ3n) is 4.60. The second-order valence-corrected chi connectivity index (χ2v) is 6.54. The summed E-state index contributed by atoms with van der Waals surface area (Å²) in [7, 11) is 3.45.